The molecule has 1 aromatic carbocycles. The van der Waals surface area contributed by atoms with Crippen molar-refractivity contribution in [2.45, 2.75) is 46.1 Å². The number of nitrogens with zero attached hydrogens (tertiary/aromatic N) is 1. The van der Waals surface area contributed by atoms with Crippen LogP contribution in [0.2, 0.25) is 0 Å². The summed E-state index contributed by atoms with van der Waals surface area (Å²) in [6.45, 7) is 9.08. The van der Waals surface area contributed by atoms with Crippen molar-refractivity contribution in [3.8, 4) is 0 Å². The van der Waals surface area contributed by atoms with Gasteiger partial charge in [-0.05, 0) is 44.9 Å². The molecule has 0 aromatic heterocycles. The summed E-state index contributed by atoms with van der Waals surface area (Å²) in [7, 11) is 0. The van der Waals surface area contributed by atoms with Gasteiger partial charge in [0.25, 0.3) is 0 Å². The third kappa shape index (κ3) is 2.80. The number of allylic oxidation sites excluding steroid dienone is 1. The standard InChI is InChI=1S/C17H22FNO2/c1-5-6-7-19-15-9-14(18)13(16(20)21)8-12(15)11(2)10-17(19,3)4/h8-10H,5-7H2,1-4H3,(H,20,21). The fraction of sp³-hybridized carbons (Fsp3) is 0.471. The minimum absolute atomic E-state index is 0.205. The molecule has 0 fully saturated rings. The molecule has 1 aliphatic rings. The summed E-state index contributed by atoms with van der Waals surface area (Å²) in [6, 6.07) is 2.82. The Bertz CT molecular complexity index is 605. The normalized spacial score (nSPS) is 16.4. The van der Waals surface area contributed by atoms with Gasteiger partial charge in [0.1, 0.15) is 5.82 Å². The van der Waals surface area contributed by atoms with Crippen LogP contribution in [0.1, 0.15) is 56.5 Å². The van der Waals surface area contributed by atoms with E-state index in [1.165, 1.54) is 12.1 Å². The molecule has 0 radical (unpaired) electrons. The number of hydrogen-bond acceptors (Lipinski definition) is 2. The number of fused-ring (bicyclic) bond motifs is 1. The fourth-order valence-corrected chi connectivity index (χ4v) is 2.99. The van der Waals surface area contributed by atoms with Gasteiger partial charge in [0.05, 0.1) is 11.1 Å². The lowest BCUT2D eigenvalue weighted by atomic mass is 9.87. The highest BCUT2D eigenvalue weighted by atomic mass is 19.1. The number of carboxylic acids is 1. The molecule has 1 aliphatic heterocycles. The Hall–Kier alpha value is -1.84. The first kappa shape index (κ1) is 15.5. The summed E-state index contributed by atoms with van der Waals surface area (Å²) < 4.78 is 14.1. The highest BCUT2D eigenvalue weighted by Crippen LogP contribution is 2.40. The fourth-order valence-electron chi connectivity index (χ4n) is 2.99. The third-order valence-electron chi connectivity index (χ3n) is 4.03. The molecule has 1 aromatic rings. The molecule has 0 saturated carbocycles. The zero-order chi connectivity index (χ0) is 15.8. The third-order valence-corrected chi connectivity index (χ3v) is 4.03. The second-order valence-corrected chi connectivity index (χ2v) is 6.14. The van der Waals surface area contributed by atoms with Gasteiger partial charge < -0.3 is 10.0 Å². The Balaban J connectivity index is 2.59. The molecule has 4 heteroatoms. The molecule has 0 aliphatic carbocycles. The predicted molar refractivity (Wildman–Crippen MR) is 83.3 cm³/mol. The Morgan fingerprint density at radius 1 is 1.38 bits per heavy atom. The molecule has 0 amide bonds. The lowest BCUT2D eigenvalue weighted by molar-refractivity contribution is 0.0692. The number of hydrogen-bond donors (Lipinski definition) is 1. The van der Waals surface area contributed by atoms with Crippen LogP contribution in [-0.4, -0.2) is 23.2 Å². The van der Waals surface area contributed by atoms with E-state index in [1.54, 1.807) is 0 Å². The second-order valence-electron chi connectivity index (χ2n) is 6.14. The molecular weight excluding hydrogens is 269 g/mol. The summed E-state index contributed by atoms with van der Waals surface area (Å²) >= 11 is 0. The minimum Gasteiger partial charge on any atom is -0.478 e. The first-order valence-electron chi connectivity index (χ1n) is 7.32. The molecule has 1 N–H and O–H groups in total. The molecular formula is C17H22FNO2. The number of carbonyl (C=O) groups is 1. The van der Waals surface area contributed by atoms with Crippen LogP contribution in [0.3, 0.4) is 0 Å². The van der Waals surface area contributed by atoms with E-state index in [4.69, 9.17) is 5.11 Å². The number of aromatic carboxylic acids is 1. The molecule has 0 atom stereocenters. The molecule has 114 valence electrons. The van der Waals surface area contributed by atoms with E-state index >= 15 is 0 Å². The van der Waals surface area contributed by atoms with Gasteiger partial charge in [0.2, 0.25) is 0 Å². The molecule has 1 heterocycles. The highest BCUT2D eigenvalue weighted by Gasteiger charge is 2.32. The van der Waals surface area contributed by atoms with Crippen LogP contribution < -0.4 is 4.90 Å². The lowest BCUT2D eigenvalue weighted by Crippen LogP contribution is -2.45. The number of anilines is 1. The van der Waals surface area contributed by atoms with Crippen LogP contribution in [0.15, 0.2) is 18.2 Å². The lowest BCUT2D eigenvalue weighted by Gasteiger charge is -2.43. The summed E-state index contributed by atoms with van der Waals surface area (Å²) in [5, 5.41) is 9.09. The predicted octanol–water partition coefficient (Wildman–Crippen LogP) is 4.33. The Morgan fingerprint density at radius 3 is 2.62 bits per heavy atom. The molecule has 2 rings (SSSR count). The monoisotopic (exact) mass is 291 g/mol. The second kappa shape index (κ2) is 5.51. The molecule has 0 bridgehead atoms. The van der Waals surface area contributed by atoms with Crippen LogP contribution in [0, 0.1) is 5.82 Å². The van der Waals surface area contributed by atoms with E-state index < -0.39 is 11.8 Å². The van der Waals surface area contributed by atoms with Crippen molar-refractivity contribution in [1.29, 1.82) is 0 Å². The number of benzene rings is 1. The Morgan fingerprint density at radius 2 is 2.05 bits per heavy atom. The Kier molecular flexibility index (Phi) is 4.08. The molecule has 0 spiro atoms. The van der Waals surface area contributed by atoms with Crippen LogP contribution in [0.5, 0.6) is 0 Å². The maximum atomic E-state index is 14.1. The van der Waals surface area contributed by atoms with E-state index in [0.717, 1.165) is 36.2 Å². The topological polar surface area (TPSA) is 40.5 Å². The summed E-state index contributed by atoms with van der Waals surface area (Å²) in [5.74, 6) is -1.90. The maximum absolute atomic E-state index is 14.1. The summed E-state index contributed by atoms with van der Waals surface area (Å²) in [5.41, 5.74) is 2.12. The molecule has 21 heavy (non-hydrogen) atoms. The highest BCUT2D eigenvalue weighted by molar-refractivity contribution is 5.92. The van der Waals surface area contributed by atoms with E-state index in [9.17, 15) is 9.18 Å². The SMILES string of the molecule is CCCCN1c2cc(F)c(C(=O)O)cc2C(C)=CC1(C)C. The zero-order valence-electron chi connectivity index (χ0n) is 13.0. The van der Waals surface area contributed by atoms with Gasteiger partial charge in [-0.25, -0.2) is 9.18 Å². The molecule has 3 nitrogen and oxygen atoms in total. The van der Waals surface area contributed by atoms with E-state index in [-0.39, 0.29) is 11.1 Å². The van der Waals surface area contributed by atoms with Gasteiger partial charge in [-0.2, -0.15) is 0 Å². The summed E-state index contributed by atoms with van der Waals surface area (Å²) in [4.78, 5) is 13.3. The van der Waals surface area contributed by atoms with E-state index in [2.05, 4.69) is 31.7 Å². The van der Waals surface area contributed by atoms with Gasteiger partial charge >= 0.3 is 5.97 Å². The average molecular weight is 291 g/mol. The van der Waals surface area contributed by atoms with Gasteiger partial charge in [-0.15, -0.1) is 0 Å². The number of unbranched alkanes of at least 4 members (excludes halogenated alkanes) is 1. The van der Waals surface area contributed by atoms with Crippen molar-refractivity contribution in [1.82, 2.24) is 0 Å². The van der Waals surface area contributed by atoms with Crippen LogP contribution in [0.4, 0.5) is 10.1 Å². The van der Waals surface area contributed by atoms with Crippen molar-refractivity contribution < 1.29 is 14.3 Å². The smallest absolute Gasteiger partial charge is 0.338 e. The van der Waals surface area contributed by atoms with Gasteiger partial charge in [0.15, 0.2) is 0 Å². The molecule has 0 unspecified atom stereocenters. The maximum Gasteiger partial charge on any atom is 0.338 e. The van der Waals surface area contributed by atoms with Crippen molar-refractivity contribution in [2.75, 3.05) is 11.4 Å². The number of halogens is 1. The van der Waals surface area contributed by atoms with Crippen molar-refractivity contribution in [3.63, 3.8) is 0 Å². The van der Waals surface area contributed by atoms with E-state index in [1.807, 2.05) is 6.92 Å². The number of rotatable bonds is 4. The minimum atomic E-state index is -1.23. The van der Waals surface area contributed by atoms with Gasteiger partial charge in [-0.3, -0.25) is 0 Å². The Labute approximate surface area is 125 Å². The van der Waals surface area contributed by atoms with Crippen LogP contribution in [0.25, 0.3) is 5.57 Å². The largest absolute Gasteiger partial charge is 0.478 e. The molecule has 0 saturated heterocycles. The first-order chi connectivity index (χ1) is 9.77. The van der Waals surface area contributed by atoms with Crippen molar-refractivity contribution >= 4 is 17.2 Å². The van der Waals surface area contributed by atoms with Gasteiger partial charge in [-0.1, -0.05) is 19.4 Å². The average Bonchev–Trinajstić information content (AvgIpc) is 2.36. The van der Waals surface area contributed by atoms with Crippen LogP contribution in [-0.2, 0) is 0 Å². The number of carboxylic acid groups (broad SMARTS) is 1. The van der Waals surface area contributed by atoms with E-state index in [0.29, 0.717) is 0 Å². The quantitative estimate of drug-likeness (QED) is 0.897. The van der Waals surface area contributed by atoms with Crippen molar-refractivity contribution in [2.24, 2.45) is 0 Å². The summed E-state index contributed by atoms with van der Waals surface area (Å²) in [6.07, 6.45) is 4.19. The van der Waals surface area contributed by atoms with Gasteiger partial charge in [0, 0.05) is 17.8 Å². The zero-order valence-corrected chi connectivity index (χ0v) is 13.0. The first-order valence-corrected chi connectivity index (χ1v) is 7.32. The van der Waals surface area contributed by atoms with Crippen LogP contribution >= 0.6 is 0 Å². The van der Waals surface area contributed by atoms with Crippen molar-refractivity contribution in [3.05, 3.63) is 35.2 Å².